The van der Waals surface area contributed by atoms with E-state index in [1.165, 1.54) is 21.3 Å². The molecule has 0 saturated heterocycles. The van der Waals surface area contributed by atoms with Crippen molar-refractivity contribution in [1.29, 1.82) is 0 Å². The van der Waals surface area contributed by atoms with Crippen LogP contribution < -0.4 is 0 Å². The van der Waals surface area contributed by atoms with E-state index in [0.717, 1.165) is 11.8 Å². The molecular formula is C11H16O4SSi. The Labute approximate surface area is 107 Å². The molecule has 1 aromatic carbocycles. The van der Waals surface area contributed by atoms with Gasteiger partial charge in [-0.15, -0.1) is 0 Å². The van der Waals surface area contributed by atoms with Crippen LogP contribution in [0.25, 0.3) is 0 Å². The zero-order chi connectivity index (χ0) is 12.7. The fraction of sp³-hybridized carbons (Fsp3) is 0.364. The zero-order valence-corrected chi connectivity index (χ0v) is 12.0. The summed E-state index contributed by atoms with van der Waals surface area (Å²) in [4.78, 5) is 11.9. The Morgan fingerprint density at radius 1 is 1.12 bits per heavy atom. The molecule has 0 N–H and O–H groups in total. The van der Waals surface area contributed by atoms with Crippen molar-refractivity contribution < 1.29 is 18.1 Å². The number of hydrogen-bond acceptors (Lipinski definition) is 5. The first-order chi connectivity index (χ1) is 8.17. The van der Waals surface area contributed by atoms with Gasteiger partial charge in [-0.05, 0) is 0 Å². The maximum absolute atomic E-state index is 11.9. The molecule has 0 spiro atoms. The van der Waals surface area contributed by atoms with E-state index in [-0.39, 0.29) is 5.12 Å². The van der Waals surface area contributed by atoms with Crippen molar-refractivity contribution in [1.82, 2.24) is 0 Å². The minimum absolute atomic E-state index is 0.00590. The maximum Gasteiger partial charge on any atom is 0.511 e. The Morgan fingerprint density at radius 2 is 1.65 bits per heavy atom. The Morgan fingerprint density at radius 3 is 2.12 bits per heavy atom. The first-order valence-electron chi connectivity index (χ1n) is 5.05. The molecule has 17 heavy (non-hydrogen) atoms. The summed E-state index contributed by atoms with van der Waals surface area (Å²) in [6.07, 6.45) is 0. The largest absolute Gasteiger partial charge is 0.511 e. The van der Waals surface area contributed by atoms with Crippen LogP contribution in [0.2, 0.25) is 0 Å². The molecule has 0 amide bonds. The third kappa shape index (κ3) is 3.93. The fourth-order valence-corrected chi connectivity index (χ4v) is 4.69. The number of carbonyl (C=O) groups is 1. The number of carbonyl (C=O) groups excluding carboxylic acids is 1. The number of rotatable bonds is 6. The van der Waals surface area contributed by atoms with Crippen molar-refractivity contribution in [3.63, 3.8) is 0 Å². The van der Waals surface area contributed by atoms with E-state index in [1.54, 1.807) is 12.1 Å². The van der Waals surface area contributed by atoms with Gasteiger partial charge in [0.05, 0.1) is 5.38 Å². The van der Waals surface area contributed by atoms with Crippen molar-refractivity contribution >= 4 is 25.7 Å². The van der Waals surface area contributed by atoms with Crippen molar-refractivity contribution in [2.24, 2.45) is 0 Å². The number of hydrogen-bond donors (Lipinski definition) is 0. The molecule has 0 aliphatic carbocycles. The molecule has 6 heteroatoms. The summed E-state index contributed by atoms with van der Waals surface area (Å²) in [7, 11) is 1.93. The lowest BCUT2D eigenvalue weighted by Gasteiger charge is -2.23. The van der Waals surface area contributed by atoms with E-state index in [1.807, 2.05) is 18.2 Å². The summed E-state index contributed by atoms with van der Waals surface area (Å²) in [6, 6.07) is 9.11. The highest BCUT2D eigenvalue weighted by Crippen LogP contribution is 2.18. The van der Waals surface area contributed by atoms with Gasteiger partial charge in [-0.1, -0.05) is 42.1 Å². The molecule has 1 rings (SSSR count). The quantitative estimate of drug-likeness (QED) is 0.741. The average molecular weight is 272 g/mol. The Balaban J connectivity index is 2.59. The van der Waals surface area contributed by atoms with Gasteiger partial charge >= 0.3 is 8.80 Å². The highest BCUT2D eigenvalue weighted by Gasteiger charge is 2.38. The highest BCUT2D eigenvalue weighted by atomic mass is 32.2. The number of benzene rings is 1. The molecule has 94 valence electrons. The Hall–Kier alpha value is -0.663. The van der Waals surface area contributed by atoms with E-state index < -0.39 is 8.80 Å². The van der Waals surface area contributed by atoms with Crippen LogP contribution in [0.4, 0.5) is 0 Å². The second-order valence-electron chi connectivity index (χ2n) is 3.24. The lowest BCUT2D eigenvalue weighted by molar-refractivity contribution is 0.108. The van der Waals surface area contributed by atoms with Crippen molar-refractivity contribution in [2.75, 3.05) is 26.7 Å². The van der Waals surface area contributed by atoms with E-state index in [0.29, 0.717) is 10.9 Å². The normalized spacial score (nSPS) is 11.5. The van der Waals surface area contributed by atoms with E-state index in [9.17, 15) is 4.79 Å². The Bertz CT molecular complexity index is 345. The van der Waals surface area contributed by atoms with Crippen LogP contribution in [0, 0.1) is 0 Å². The zero-order valence-electron chi connectivity index (χ0n) is 10.1. The predicted octanol–water partition coefficient (Wildman–Crippen LogP) is 1.98. The predicted molar refractivity (Wildman–Crippen MR) is 70.0 cm³/mol. The molecule has 1 aromatic rings. The monoisotopic (exact) mass is 272 g/mol. The molecule has 0 bridgehead atoms. The molecule has 0 aromatic heterocycles. The standard InChI is InChI=1S/C11H16O4SSi/c1-13-17(14-2,15-3)9-16-11(12)10-7-5-4-6-8-10/h4-8H,9H2,1-3H3. The summed E-state index contributed by atoms with van der Waals surface area (Å²) < 4.78 is 15.7. The van der Waals surface area contributed by atoms with Crippen LogP contribution in [-0.4, -0.2) is 40.6 Å². The van der Waals surface area contributed by atoms with Crippen molar-refractivity contribution in [3.05, 3.63) is 35.9 Å². The summed E-state index contributed by atoms with van der Waals surface area (Å²) in [6.45, 7) is 0. The first-order valence-corrected chi connectivity index (χ1v) is 7.97. The molecule has 0 heterocycles. The SMILES string of the molecule is CO[Si](CSC(=O)c1ccccc1)(OC)OC. The first kappa shape index (κ1) is 14.4. The van der Waals surface area contributed by atoms with Crippen LogP contribution in [0.3, 0.4) is 0 Å². The third-order valence-electron chi connectivity index (χ3n) is 2.32. The second-order valence-corrected chi connectivity index (χ2v) is 7.64. The van der Waals surface area contributed by atoms with E-state index >= 15 is 0 Å². The lowest BCUT2D eigenvalue weighted by Crippen LogP contribution is -2.46. The maximum atomic E-state index is 11.9. The summed E-state index contributed by atoms with van der Waals surface area (Å²) in [5.74, 6) is 0. The minimum atomic E-state index is -2.67. The van der Waals surface area contributed by atoms with Gasteiger partial charge in [-0.2, -0.15) is 0 Å². The van der Waals surface area contributed by atoms with Gasteiger partial charge in [0.2, 0.25) is 5.12 Å². The molecule has 0 fully saturated rings. The van der Waals surface area contributed by atoms with Gasteiger partial charge in [0.25, 0.3) is 0 Å². The molecule has 4 nitrogen and oxygen atoms in total. The van der Waals surface area contributed by atoms with Crippen LogP contribution in [0.5, 0.6) is 0 Å². The van der Waals surface area contributed by atoms with E-state index in [2.05, 4.69) is 0 Å². The molecule has 0 aliphatic heterocycles. The summed E-state index contributed by atoms with van der Waals surface area (Å²) in [5.41, 5.74) is 0.670. The molecular weight excluding hydrogens is 256 g/mol. The van der Waals surface area contributed by atoms with Gasteiger partial charge in [0.15, 0.2) is 0 Å². The molecule has 0 atom stereocenters. The van der Waals surface area contributed by atoms with Gasteiger partial charge in [-0.3, -0.25) is 4.79 Å². The van der Waals surface area contributed by atoms with Gasteiger partial charge < -0.3 is 13.3 Å². The lowest BCUT2D eigenvalue weighted by atomic mass is 10.2. The smallest absolute Gasteiger partial charge is 0.376 e. The van der Waals surface area contributed by atoms with Crippen LogP contribution in [-0.2, 0) is 13.3 Å². The van der Waals surface area contributed by atoms with Gasteiger partial charge in [0.1, 0.15) is 0 Å². The van der Waals surface area contributed by atoms with Gasteiger partial charge in [-0.25, -0.2) is 0 Å². The summed E-state index contributed by atoms with van der Waals surface area (Å²) in [5, 5.41) is 0.401. The van der Waals surface area contributed by atoms with Gasteiger partial charge in [0, 0.05) is 26.9 Å². The highest BCUT2D eigenvalue weighted by molar-refractivity contribution is 8.15. The van der Waals surface area contributed by atoms with E-state index in [4.69, 9.17) is 13.3 Å². The Kier molecular flexibility index (Phi) is 5.86. The molecule has 0 aliphatic rings. The average Bonchev–Trinajstić information content (AvgIpc) is 2.41. The third-order valence-corrected chi connectivity index (χ3v) is 6.68. The fourth-order valence-electron chi connectivity index (χ4n) is 1.24. The van der Waals surface area contributed by atoms with Crippen LogP contribution in [0.1, 0.15) is 10.4 Å². The molecule has 0 radical (unpaired) electrons. The molecule has 0 unspecified atom stereocenters. The minimum Gasteiger partial charge on any atom is -0.376 e. The molecule has 0 saturated carbocycles. The second kappa shape index (κ2) is 6.92. The number of thioether (sulfide) groups is 1. The topological polar surface area (TPSA) is 44.8 Å². The summed E-state index contributed by atoms with van der Waals surface area (Å²) >= 11 is 1.16. The van der Waals surface area contributed by atoms with Crippen molar-refractivity contribution in [2.45, 2.75) is 0 Å². The van der Waals surface area contributed by atoms with Crippen molar-refractivity contribution in [3.8, 4) is 0 Å². The van der Waals surface area contributed by atoms with Crippen LogP contribution in [0.15, 0.2) is 30.3 Å². The van der Waals surface area contributed by atoms with Crippen LogP contribution >= 0.6 is 11.8 Å².